The molecule has 5 aliphatic rings. The number of ether oxygens (including phenoxy) is 4. The first kappa shape index (κ1) is 55.8. The van der Waals surface area contributed by atoms with Crippen LogP contribution in [0.2, 0.25) is 0 Å². The molecule has 81 heavy (non-hydrogen) atoms. The van der Waals surface area contributed by atoms with Gasteiger partial charge in [-0.05, 0) is 129 Å². The van der Waals surface area contributed by atoms with Gasteiger partial charge in [-0.1, -0.05) is 44.2 Å². The molecule has 4 N–H and O–H groups in total. The van der Waals surface area contributed by atoms with Gasteiger partial charge in [0.05, 0.1) is 48.0 Å². The Bertz CT molecular complexity index is 3420. The molecule has 11 rings (SSSR count). The second kappa shape index (κ2) is 22.7. The van der Waals surface area contributed by atoms with Crippen LogP contribution < -0.4 is 33.9 Å². The standard InChI is InChI=1S/C60H72FN9O10S/c1-37(2)44-8-6-7-9-45(44)50-36-67(35-39-10-15-51(53(26-39)77-4)79-42-12-13-42)24-25-69(50)41-30-60(31-41)20-22-68(23-21-60)40-11-14-46(52(27-40)80-54-29-47-48(61)34-64-55(47)65-58(54)78-5)57(71)66-81(75,76)43-28-49(70(73)74)56(63-33-43)62-32-38-16-18-59(3,72)19-17-38/h6-11,14-15,26-29,33-34,37-38,41-42,50,72H,12-13,16-25,30-32,35-36H2,1-5H3,(H,62,63)(H,64,65)(H,66,71)/t38?,50-,59?/m0/s1. The van der Waals surface area contributed by atoms with Gasteiger partial charge >= 0.3 is 5.69 Å². The summed E-state index contributed by atoms with van der Waals surface area (Å²) in [6.45, 7) is 11.7. The zero-order chi connectivity index (χ0) is 56.8. The van der Waals surface area contributed by atoms with Gasteiger partial charge in [-0.15, -0.1) is 0 Å². The number of H-pyrrole nitrogens is 1. The average Bonchev–Trinajstić information content (AvgIpc) is 4.20. The first-order chi connectivity index (χ1) is 38.9. The van der Waals surface area contributed by atoms with Crippen LogP contribution in [0.25, 0.3) is 11.0 Å². The molecule has 0 radical (unpaired) electrons. The molecule has 0 bridgehead atoms. The van der Waals surface area contributed by atoms with E-state index in [0.29, 0.717) is 44.2 Å². The van der Waals surface area contributed by atoms with Gasteiger partial charge in [-0.3, -0.25) is 24.7 Å². The van der Waals surface area contributed by atoms with Crippen molar-refractivity contribution in [2.45, 2.75) is 126 Å². The van der Waals surface area contributed by atoms with Crippen molar-refractivity contribution in [3.8, 4) is 28.9 Å². The highest BCUT2D eigenvalue weighted by Crippen LogP contribution is 2.54. The molecule has 19 nitrogen and oxygen atoms in total. The second-order valence-corrected chi connectivity index (χ2v) is 25.2. The number of fused-ring (bicyclic) bond motifs is 1. The highest BCUT2D eigenvalue weighted by molar-refractivity contribution is 7.90. The SMILES string of the molecule is COc1cc(CN2CCN(C3CC4(CCN(c5ccc(C(=O)NS(=O)(=O)c6cnc(NCC7CCC(C)(O)CC7)c([N+](=O)[O-])c6)c(Oc6cc7c(F)c[nH]c7nc6OC)c5)CC4)C3)[C@H](c3ccccc3C(C)C)C2)ccc1OC1CC1. The van der Waals surface area contributed by atoms with E-state index >= 15 is 0 Å². The van der Waals surface area contributed by atoms with Gasteiger partial charge in [0.2, 0.25) is 5.82 Å². The van der Waals surface area contributed by atoms with Crippen molar-refractivity contribution < 1.29 is 46.6 Å². The van der Waals surface area contributed by atoms with E-state index in [4.69, 9.17) is 18.9 Å². The Morgan fingerprint density at radius 3 is 2.41 bits per heavy atom. The number of halogens is 1. The van der Waals surface area contributed by atoms with E-state index in [1.54, 1.807) is 26.2 Å². The van der Waals surface area contributed by atoms with Crippen LogP contribution in [-0.4, -0.2) is 120 Å². The van der Waals surface area contributed by atoms with Crippen molar-refractivity contribution in [1.29, 1.82) is 0 Å². The molecule has 0 unspecified atom stereocenters. The molecule has 2 aliphatic heterocycles. The molecule has 3 aromatic heterocycles. The van der Waals surface area contributed by atoms with E-state index in [9.17, 15) is 32.8 Å². The van der Waals surface area contributed by atoms with Crippen LogP contribution in [0.5, 0.6) is 28.9 Å². The molecule has 5 heterocycles. The number of nitrogens with zero attached hydrogens (tertiary/aromatic N) is 6. The minimum Gasteiger partial charge on any atom is -0.493 e. The van der Waals surface area contributed by atoms with Crippen LogP contribution in [0, 0.1) is 27.3 Å². The lowest BCUT2D eigenvalue weighted by atomic mass is 9.59. The fraction of sp³-hybridized carbons (Fsp3) is 0.483. The van der Waals surface area contributed by atoms with Gasteiger partial charge in [0.1, 0.15) is 22.1 Å². The van der Waals surface area contributed by atoms with Gasteiger partial charge < -0.3 is 39.3 Å². The lowest BCUT2D eigenvalue weighted by Gasteiger charge is -2.58. The zero-order valence-electron chi connectivity index (χ0n) is 46.6. The minimum atomic E-state index is -4.75. The fourth-order valence-electron chi connectivity index (χ4n) is 12.5. The summed E-state index contributed by atoms with van der Waals surface area (Å²) in [7, 11) is -1.67. The van der Waals surface area contributed by atoms with Crippen LogP contribution in [0.1, 0.15) is 124 Å². The number of aromatic nitrogens is 3. The number of amides is 1. The van der Waals surface area contributed by atoms with E-state index in [-0.39, 0.29) is 63.3 Å². The fourth-order valence-corrected chi connectivity index (χ4v) is 13.5. The Kier molecular flexibility index (Phi) is 15.6. The van der Waals surface area contributed by atoms with Gasteiger partial charge in [-0.2, -0.15) is 4.98 Å². The van der Waals surface area contributed by atoms with Crippen LogP contribution in [0.4, 0.5) is 21.6 Å². The Labute approximate surface area is 471 Å². The van der Waals surface area contributed by atoms with Gasteiger partial charge in [0.25, 0.3) is 21.8 Å². The molecular formula is C60H72FN9O10S. The van der Waals surface area contributed by atoms with Crippen molar-refractivity contribution in [1.82, 2.24) is 29.5 Å². The maximum Gasteiger partial charge on any atom is 0.312 e. The number of hydrogen-bond acceptors (Lipinski definition) is 16. The van der Waals surface area contributed by atoms with Crippen LogP contribution in [-0.2, 0) is 16.6 Å². The highest BCUT2D eigenvalue weighted by atomic mass is 32.2. The number of carbonyl (C=O) groups excluding carboxylic acids is 1. The summed E-state index contributed by atoms with van der Waals surface area (Å²) in [5.74, 6) is 0.191. The van der Waals surface area contributed by atoms with Gasteiger partial charge in [0, 0.05) is 88.0 Å². The molecular weight excluding hydrogens is 1060 g/mol. The first-order valence-electron chi connectivity index (χ1n) is 28.2. The number of methoxy groups -OCH3 is 2. The summed E-state index contributed by atoms with van der Waals surface area (Å²) in [5.41, 5.74) is 3.53. The van der Waals surface area contributed by atoms with Gasteiger partial charge in [-0.25, -0.2) is 22.5 Å². The topological polar surface area (TPSA) is 227 Å². The molecule has 430 valence electrons. The largest absolute Gasteiger partial charge is 0.493 e. The van der Waals surface area contributed by atoms with E-state index in [0.717, 1.165) is 113 Å². The number of piperazine rings is 1. The van der Waals surface area contributed by atoms with Crippen LogP contribution >= 0.6 is 0 Å². The Morgan fingerprint density at radius 2 is 1.69 bits per heavy atom. The monoisotopic (exact) mass is 1130 g/mol. The number of nitro groups is 1. The molecule has 5 fully saturated rings. The van der Waals surface area contributed by atoms with Crippen LogP contribution in [0.15, 0.2) is 90.1 Å². The number of aliphatic hydroxyl groups is 1. The number of anilines is 2. The van der Waals surface area contributed by atoms with Crippen molar-refractivity contribution in [2.24, 2.45) is 11.3 Å². The number of benzene rings is 3. The maximum atomic E-state index is 15.0. The van der Waals surface area contributed by atoms with E-state index < -0.39 is 42.9 Å². The number of hydrogen-bond donors (Lipinski definition) is 4. The quantitative estimate of drug-likeness (QED) is 0.0437. The number of aromatic amines is 1. The van der Waals surface area contributed by atoms with Crippen molar-refractivity contribution in [3.05, 3.63) is 123 Å². The molecule has 21 heteroatoms. The predicted octanol–water partition coefficient (Wildman–Crippen LogP) is 10.3. The van der Waals surface area contributed by atoms with E-state index in [2.05, 4.69) is 96.0 Å². The Morgan fingerprint density at radius 1 is 0.926 bits per heavy atom. The smallest absolute Gasteiger partial charge is 0.312 e. The number of carbonyl (C=O) groups is 1. The molecule has 1 spiro atoms. The predicted molar refractivity (Wildman–Crippen MR) is 305 cm³/mol. The Hall–Kier alpha value is -7.07. The number of piperidine rings is 1. The summed E-state index contributed by atoms with van der Waals surface area (Å²) in [4.78, 5) is 44.0. The zero-order valence-corrected chi connectivity index (χ0v) is 47.4. The summed E-state index contributed by atoms with van der Waals surface area (Å²) < 4.78 is 68.7. The van der Waals surface area contributed by atoms with Gasteiger partial charge in [0.15, 0.2) is 17.2 Å². The maximum absolute atomic E-state index is 15.0. The van der Waals surface area contributed by atoms with Crippen LogP contribution in [0.3, 0.4) is 0 Å². The van der Waals surface area contributed by atoms with E-state index in [1.807, 2.05) is 0 Å². The molecule has 1 atom stereocenters. The summed E-state index contributed by atoms with van der Waals surface area (Å²) in [6.07, 6.45) is 11.2. The van der Waals surface area contributed by atoms with Crippen molar-refractivity contribution in [3.63, 3.8) is 0 Å². The molecule has 6 aromatic rings. The third-order valence-electron chi connectivity index (χ3n) is 17.4. The summed E-state index contributed by atoms with van der Waals surface area (Å²) >= 11 is 0. The third-order valence-corrected chi connectivity index (χ3v) is 18.7. The second-order valence-electron chi connectivity index (χ2n) is 23.5. The van der Waals surface area contributed by atoms with Crippen molar-refractivity contribution in [2.75, 3.05) is 63.7 Å². The molecule has 3 aromatic carbocycles. The van der Waals surface area contributed by atoms with Crippen molar-refractivity contribution >= 4 is 44.2 Å². The molecule has 2 saturated heterocycles. The first-order valence-corrected chi connectivity index (χ1v) is 29.7. The highest BCUT2D eigenvalue weighted by Gasteiger charge is 2.50. The lowest BCUT2D eigenvalue weighted by Crippen LogP contribution is -2.60. The number of rotatable bonds is 19. The Balaban J connectivity index is 0.795. The lowest BCUT2D eigenvalue weighted by molar-refractivity contribution is -0.384. The molecule has 1 amide bonds. The summed E-state index contributed by atoms with van der Waals surface area (Å²) in [6, 6.07) is 23.0. The number of sulfonamides is 1. The average molecular weight is 1130 g/mol. The number of pyridine rings is 2. The van der Waals surface area contributed by atoms with E-state index in [1.165, 1.54) is 35.9 Å². The minimum absolute atomic E-state index is 0.0168. The number of nitrogens with one attached hydrogen (secondary N) is 3. The molecule has 3 saturated carbocycles. The molecule has 3 aliphatic carbocycles. The normalized spacial score (nSPS) is 21.7. The third kappa shape index (κ3) is 12.1. The summed E-state index contributed by atoms with van der Waals surface area (Å²) in [5, 5.41) is 25.7.